The van der Waals surface area contributed by atoms with Crippen LogP contribution in [0.25, 0.3) is 11.3 Å². The Morgan fingerprint density at radius 2 is 1.97 bits per heavy atom. The molecule has 218 valence electrons. The van der Waals surface area contributed by atoms with E-state index in [2.05, 4.69) is 5.10 Å². The molecule has 1 aromatic carbocycles. The molecular formula is C25H34ClF3N4O5S. The molecule has 14 heteroatoms. The number of benzene rings is 1. The number of ether oxygens (including phenoxy) is 1. The maximum atomic E-state index is 14.0. The fraction of sp³-hybridized carbons (Fsp3) is 0.600. The lowest BCUT2D eigenvalue weighted by atomic mass is 9.83. The number of carbonyl (C=O) groups is 1. The van der Waals surface area contributed by atoms with Crippen LogP contribution >= 0.6 is 11.6 Å². The number of aromatic nitrogens is 2. The van der Waals surface area contributed by atoms with Gasteiger partial charge in [0.2, 0.25) is 0 Å². The van der Waals surface area contributed by atoms with E-state index < -0.39 is 38.8 Å². The van der Waals surface area contributed by atoms with E-state index in [1.54, 1.807) is 0 Å². The Labute approximate surface area is 231 Å². The minimum absolute atomic E-state index is 0.000497. The van der Waals surface area contributed by atoms with Crippen molar-refractivity contribution in [3.63, 3.8) is 0 Å². The lowest BCUT2D eigenvalue weighted by Crippen LogP contribution is -2.53. The number of sulfone groups is 1. The van der Waals surface area contributed by atoms with Gasteiger partial charge < -0.3 is 20.5 Å². The predicted octanol–water partition coefficient (Wildman–Crippen LogP) is 4.20. The molecule has 1 aromatic heterocycles. The summed E-state index contributed by atoms with van der Waals surface area (Å²) in [4.78, 5) is 12.9. The maximum absolute atomic E-state index is 14.0. The second-order valence-corrected chi connectivity index (χ2v) is 12.8. The van der Waals surface area contributed by atoms with Crippen molar-refractivity contribution in [2.45, 2.75) is 75.6 Å². The molecule has 9 nitrogen and oxygen atoms in total. The van der Waals surface area contributed by atoms with Gasteiger partial charge in [0.05, 0.1) is 28.7 Å². The highest BCUT2D eigenvalue weighted by Gasteiger charge is 2.45. The average Bonchev–Trinajstić information content (AvgIpc) is 3.17. The molecule has 1 atom stereocenters. The van der Waals surface area contributed by atoms with E-state index in [9.17, 15) is 31.5 Å². The van der Waals surface area contributed by atoms with E-state index in [-0.39, 0.29) is 54.4 Å². The van der Waals surface area contributed by atoms with Gasteiger partial charge in [-0.1, -0.05) is 18.5 Å². The molecule has 0 bridgehead atoms. The summed E-state index contributed by atoms with van der Waals surface area (Å²) >= 11 is 6.45. The van der Waals surface area contributed by atoms with E-state index >= 15 is 0 Å². The fourth-order valence-electron chi connectivity index (χ4n) is 4.94. The third-order valence-electron chi connectivity index (χ3n) is 7.21. The summed E-state index contributed by atoms with van der Waals surface area (Å²) in [5, 5.41) is 14.8. The Morgan fingerprint density at radius 3 is 2.46 bits per heavy atom. The Bertz CT molecular complexity index is 1310. The molecule has 0 saturated heterocycles. The topological polar surface area (TPSA) is 128 Å². The number of methoxy groups -OCH3 is 1. The highest BCUT2D eigenvalue weighted by atomic mass is 35.5. The van der Waals surface area contributed by atoms with Crippen molar-refractivity contribution >= 4 is 33.0 Å². The number of nitrogens with two attached hydrogens (primary N) is 1. The number of carbonyl (C=O) groups excluding carboxylic acids is 1. The fourth-order valence-corrected chi connectivity index (χ4v) is 6.37. The van der Waals surface area contributed by atoms with Crippen LogP contribution in [0, 0.1) is 0 Å². The zero-order valence-electron chi connectivity index (χ0n) is 22.3. The van der Waals surface area contributed by atoms with Gasteiger partial charge in [0.15, 0.2) is 5.69 Å². The van der Waals surface area contributed by atoms with Crippen molar-refractivity contribution in [1.82, 2.24) is 9.78 Å². The molecule has 2 aromatic rings. The summed E-state index contributed by atoms with van der Waals surface area (Å²) in [5.41, 5.74) is 4.62. The quantitative estimate of drug-likeness (QED) is 0.422. The van der Waals surface area contributed by atoms with E-state index in [1.165, 1.54) is 30.0 Å². The van der Waals surface area contributed by atoms with Crippen LogP contribution in [0.2, 0.25) is 5.02 Å². The number of aliphatic hydroxyl groups is 1. The molecule has 3 rings (SSSR count). The minimum Gasteiger partial charge on any atom is -0.496 e. The van der Waals surface area contributed by atoms with Crippen LogP contribution in [0.1, 0.15) is 56.4 Å². The summed E-state index contributed by atoms with van der Waals surface area (Å²) in [6.45, 7) is 2.92. The van der Waals surface area contributed by atoms with Crippen molar-refractivity contribution in [2.24, 2.45) is 5.73 Å². The molecule has 3 N–H and O–H groups in total. The molecule has 0 unspecified atom stereocenters. The van der Waals surface area contributed by atoms with Gasteiger partial charge in [-0.15, -0.1) is 0 Å². The Morgan fingerprint density at radius 1 is 1.36 bits per heavy atom. The Kier molecular flexibility index (Phi) is 9.18. The number of rotatable bonds is 10. The van der Waals surface area contributed by atoms with Crippen molar-refractivity contribution < 1.29 is 36.2 Å². The van der Waals surface area contributed by atoms with Crippen LogP contribution in [0.3, 0.4) is 0 Å². The Balaban J connectivity index is 2.05. The standard InChI is InChI=1S/C25H34ClF3N4O5S/c1-5-12-33-22(20(26)21(31-33)23(30)34)18-7-6-16(13-19(18)38-3)32(15(2)25(27,28)29)14-24(35)10-8-17(9-11-24)39(4,36)37/h6-7,13,15,17,35H,5,8-12,14H2,1-4H3,(H2,30,34)/t15-,17?,24?/m1/s1. The number of primary amides is 1. The van der Waals surface area contributed by atoms with Gasteiger partial charge in [-0.3, -0.25) is 9.48 Å². The third-order valence-corrected chi connectivity index (χ3v) is 9.25. The van der Waals surface area contributed by atoms with Gasteiger partial charge in [-0.2, -0.15) is 18.3 Å². The lowest BCUT2D eigenvalue weighted by molar-refractivity contribution is -0.146. The normalized spacial score (nSPS) is 21.0. The first-order chi connectivity index (χ1) is 18.0. The highest BCUT2D eigenvalue weighted by molar-refractivity contribution is 7.91. The molecule has 1 fully saturated rings. The first-order valence-corrected chi connectivity index (χ1v) is 14.8. The molecule has 0 aliphatic heterocycles. The van der Waals surface area contributed by atoms with Gasteiger partial charge in [0.25, 0.3) is 5.91 Å². The summed E-state index contributed by atoms with van der Waals surface area (Å²) < 4.78 is 72.8. The number of alkyl halides is 3. The second kappa shape index (κ2) is 11.5. The number of anilines is 1. The highest BCUT2D eigenvalue weighted by Crippen LogP contribution is 2.41. The first kappa shape index (κ1) is 31.0. The van der Waals surface area contributed by atoms with Crippen molar-refractivity contribution in [3.05, 3.63) is 28.9 Å². The SMILES string of the molecule is CCCn1nc(C(N)=O)c(Cl)c1-c1ccc(N(CC2(O)CCC(S(C)(=O)=O)CC2)[C@H](C)C(F)(F)F)cc1OC. The number of amides is 1. The molecule has 0 radical (unpaired) electrons. The predicted molar refractivity (Wildman–Crippen MR) is 143 cm³/mol. The number of halogens is 4. The molecule has 1 aliphatic carbocycles. The summed E-state index contributed by atoms with van der Waals surface area (Å²) in [6, 6.07) is 2.41. The maximum Gasteiger partial charge on any atom is 0.408 e. The van der Waals surface area contributed by atoms with Crippen LogP contribution < -0.4 is 15.4 Å². The molecular weight excluding hydrogens is 561 g/mol. The van der Waals surface area contributed by atoms with Gasteiger partial charge in [-0.25, -0.2) is 8.42 Å². The molecule has 1 saturated carbocycles. The van der Waals surface area contributed by atoms with Crippen molar-refractivity contribution in [1.29, 1.82) is 0 Å². The molecule has 39 heavy (non-hydrogen) atoms. The van der Waals surface area contributed by atoms with Crippen molar-refractivity contribution in [2.75, 3.05) is 24.8 Å². The largest absolute Gasteiger partial charge is 0.496 e. The van der Waals surface area contributed by atoms with E-state index in [0.29, 0.717) is 24.2 Å². The number of hydrogen-bond acceptors (Lipinski definition) is 7. The molecule has 1 heterocycles. The van der Waals surface area contributed by atoms with Crippen molar-refractivity contribution in [3.8, 4) is 17.0 Å². The number of nitrogens with zero attached hydrogens (tertiary/aromatic N) is 3. The van der Waals surface area contributed by atoms with Gasteiger partial charge in [0, 0.05) is 36.7 Å². The van der Waals surface area contributed by atoms with Crippen LogP contribution in [0.15, 0.2) is 18.2 Å². The zero-order chi connectivity index (χ0) is 29.3. The van der Waals surface area contributed by atoms with E-state index in [0.717, 1.165) is 18.1 Å². The lowest BCUT2D eigenvalue weighted by Gasteiger charge is -2.42. The van der Waals surface area contributed by atoms with Crippen LogP contribution in [0.5, 0.6) is 5.75 Å². The monoisotopic (exact) mass is 594 g/mol. The number of hydrogen-bond donors (Lipinski definition) is 2. The van der Waals surface area contributed by atoms with Crippen LogP contribution in [0.4, 0.5) is 18.9 Å². The molecule has 1 aliphatic rings. The Hall–Kier alpha value is -2.51. The smallest absolute Gasteiger partial charge is 0.408 e. The molecule has 0 spiro atoms. The minimum atomic E-state index is -4.62. The summed E-state index contributed by atoms with van der Waals surface area (Å²) in [5.74, 6) is -0.648. The third kappa shape index (κ3) is 6.80. The van der Waals surface area contributed by atoms with Crippen LogP contribution in [-0.2, 0) is 16.4 Å². The number of aryl methyl sites for hydroxylation is 1. The van der Waals surface area contributed by atoms with Crippen LogP contribution in [-0.4, -0.2) is 72.2 Å². The molecule has 1 amide bonds. The zero-order valence-corrected chi connectivity index (χ0v) is 23.8. The summed E-state index contributed by atoms with van der Waals surface area (Å²) in [6.07, 6.45) is -2.43. The van der Waals surface area contributed by atoms with Gasteiger partial charge in [0.1, 0.15) is 21.6 Å². The summed E-state index contributed by atoms with van der Waals surface area (Å²) in [7, 11) is -1.97. The average molecular weight is 595 g/mol. The first-order valence-electron chi connectivity index (χ1n) is 12.5. The van der Waals surface area contributed by atoms with E-state index in [1.807, 2.05) is 6.92 Å². The van der Waals surface area contributed by atoms with Gasteiger partial charge in [-0.05, 0) is 51.2 Å². The van der Waals surface area contributed by atoms with E-state index in [4.69, 9.17) is 22.1 Å². The second-order valence-electron chi connectivity index (χ2n) is 10.1. The van der Waals surface area contributed by atoms with Gasteiger partial charge >= 0.3 is 6.18 Å².